The molecule has 3 rings (SSSR count). The smallest absolute Gasteiger partial charge is 0.342 e. The number of rotatable bonds is 5. The van der Waals surface area contributed by atoms with E-state index in [4.69, 9.17) is 21.5 Å². The van der Waals surface area contributed by atoms with Crippen LogP contribution < -0.4 is 11.5 Å². The van der Waals surface area contributed by atoms with Crippen LogP contribution in [-0.4, -0.2) is 56.5 Å². The number of aryl methyl sites for hydroxylation is 1. The molecule has 0 saturated heterocycles. The fourth-order valence-electron chi connectivity index (χ4n) is 2.10. The van der Waals surface area contributed by atoms with Crippen LogP contribution in [0.1, 0.15) is 48.9 Å². The monoisotopic (exact) mass is 462 g/mol. The predicted molar refractivity (Wildman–Crippen MR) is 110 cm³/mol. The lowest BCUT2D eigenvalue weighted by Gasteiger charge is -2.06. The van der Waals surface area contributed by atoms with Crippen molar-refractivity contribution in [1.82, 2.24) is 25.6 Å². The van der Waals surface area contributed by atoms with E-state index in [2.05, 4.69) is 39.6 Å². The van der Waals surface area contributed by atoms with E-state index in [-0.39, 0.29) is 52.7 Å². The number of nitrogen functional groups attached to an aromatic ring is 2. The van der Waals surface area contributed by atoms with Crippen molar-refractivity contribution in [2.75, 3.05) is 24.7 Å². The number of esters is 2. The molecule has 15 heteroatoms. The summed E-state index contributed by atoms with van der Waals surface area (Å²) in [5.41, 5.74) is 12.3. The molecule has 3 aromatic heterocycles. The zero-order valence-corrected chi connectivity index (χ0v) is 18.3. The summed E-state index contributed by atoms with van der Waals surface area (Å²) in [6, 6.07) is 1.68. The molecular formula is C18H22N8O7. The molecule has 15 nitrogen and oxygen atoms in total. The molecule has 0 atom stereocenters. The first kappa shape index (κ1) is 26.4. The molecule has 0 aliphatic carbocycles. The van der Waals surface area contributed by atoms with Crippen LogP contribution in [0, 0.1) is 18.3 Å². The average Bonchev–Trinajstić information content (AvgIpc) is 3.37. The number of nitrogens with two attached hydrogens (primary N) is 2. The standard InChI is InChI=1S/C9H10N4O3.C6H10O3.C3H2N4O/c1-3-15-9(14)5-4(2)11-8-7(6(5)10)12-16-13-8;1-3-9-6(8)4-5(2)7;4-1-2-3(5)7-8-6-2/h3,10H2,1-2H3;3-4H2,1-2H3;(H2,5,7). The Morgan fingerprint density at radius 1 is 1.03 bits per heavy atom. The van der Waals surface area contributed by atoms with Gasteiger partial charge in [-0.05, 0) is 48.3 Å². The third kappa shape index (κ3) is 7.86. The second-order valence-electron chi connectivity index (χ2n) is 5.94. The molecule has 33 heavy (non-hydrogen) atoms. The Bertz CT molecular complexity index is 1150. The van der Waals surface area contributed by atoms with Crippen LogP contribution in [0.2, 0.25) is 0 Å². The van der Waals surface area contributed by atoms with E-state index in [9.17, 15) is 14.4 Å². The second kappa shape index (κ2) is 12.9. The zero-order valence-electron chi connectivity index (χ0n) is 18.3. The number of nitriles is 1. The van der Waals surface area contributed by atoms with Gasteiger partial charge in [0.05, 0.1) is 24.6 Å². The number of carbonyl (C=O) groups is 3. The maximum Gasteiger partial charge on any atom is 0.342 e. The molecule has 0 amide bonds. The summed E-state index contributed by atoms with van der Waals surface area (Å²) in [7, 11) is 0. The van der Waals surface area contributed by atoms with Crippen molar-refractivity contribution in [2.24, 2.45) is 0 Å². The molecule has 3 aromatic rings. The van der Waals surface area contributed by atoms with Crippen LogP contribution in [0.5, 0.6) is 0 Å². The molecular weight excluding hydrogens is 440 g/mol. The van der Waals surface area contributed by atoms with E-state index in [1.54, 1.807) is 26.8 Å². The van der Waals surface area contributed by atoms with Crippen molar-refractivity contribution in [1.29, 1.82) is 5.26 Å². The Morgan fingerprint density at radius 3 is 2.15 bits per heavy atom. The highest BCUT2D eigenvalue weighted by molar-refractivity contribution is 6.02. The van der Waals surface area contributed by atoms with Crippen LogP contribution in [-0.2, 0) is 19.1 Å². The minimum atomic E-state index is -0.519. The maximum atomic E-state index is 11.6. The normalized spacial score (nSPS) is 9.55. The van der Waals surface area contributed by atoms with Crippen molar-refractivity contribution in [2.45, 2.75) is 34.1 Å². The molecule has 176 valence electrons. The van der Waals surface area contributed by atoms with Gasteiger partial charge in [0.25, 0.3) is 0 Å². The number of ketones is 1. The molecule has 4 N–H and O–H groups in total. The van der Waals surface area contributed by atoms with Gasteiger partial charge in [-0.2, -0.15) is 5.26 Å². The van der Waals surface area contributed by atoms with Gasteiger partial charge in [0.2, 0.25) is 17.2 Å². The van der Waals surface area contributed by atoms with Gasteiger partial charge in [0, 0.05) is 0 Å². The Hall–Kier alpha value is -4.61. The Labute approximate surface area is 186 Å². The highest BCUT2D eigenvalue weighted by Crippen LogP contribution is 2.23. The third-order valence-corrected chi connectivity index (χ3v) is 3.43. The van der Waals surface area contributed by atoms with Crippen molar-refractivity contribution in [3.8, 4) is 6.07 Å². The van der Waals surface area contributed by atoms with E-state index >= 15 is 0 Å². The van der Waals surface area contributed by atoms with E-state index in [0.717, 1.165) is 0 Å². The van der Waals surface area contributed by atoms with E-state index in [1.165, 1.54) is 6.92 Å². The Morgan fingerprint density at radius 2 is 1.67 bits per heavy atom. The molecule has 0 aliphatic rings. The van der Waals surface area contributed by atoms with Gasteiger partial charge in [0.15, 0.2) is 5.52 Å². The molecule has 0 spiro atoms. The predicted octanol–water partition coefficient (Wildman–Crippen LogP) is 0.737. The SMILES string of the molecule is CCOC(=O)CC(C)=O.CCOC(=O)c1c(C)nc2nonc2c1N.N#Cc1nonc1N. The highest BCUT2D eigenvalue weighted by Gasteiger charge is 2.20. The van der Waals surface area contributed by atoms with Crippen LogP contribution in [0.4, 0.5) is 11.5 Å². The molecule has 3 heterocycles. The first-order valence-electron chi connectivity index (χ1n) is 9.34. The quantitative estimate of drug-likeness (QED) is 0.392. The number of Topliss-reactive ketones (excluding diaryl/α,β-unsaturated/α-hetero) is 1. The number of ether oxygens (including phenoxy) is 2. The van der Waals surface area contributed by atoms with Gasteiger partial charge in [-0.25, -0.2) is 19.0 Å². The topological polar surface area (TPSA) is 236 Å². The number of anilines is 2. The molecule has 0 fully saturated rings. The third-order valence-electron chi connectivity index (χ3n) is 3.43. The second-order valence-corrected chi connectivity index (χ2v) is 5.94. The molecule has 0 radical (unpaired) electrons. The first-order chi connectivity index (χ1) is 15.7. The molecule has 0 aliphatic heterocycles. The number of pyridine rings is 1. The summed E-state index contributed by atoms with van der Waals surface area (Å²) in [6.07, 6.45) is -0.103. The number of carbonyl (C=O) groups excluding carboxylic acids is 3. The number of nitrogens with zero attached hydrogens (tertiary/aromatic N) is 6. The van der Waals surface area contributed by atoms with Crippen LogP contribution in [0.3, 0.4) is 0 Å². The lowest BCUT2D eigenvalue weighted by Crippen LogP contribution is -2.11. The van der Waals surface area contributed by atoms with E-state index in [1.807, 2.05) is 0 Å². The molecule has 0 aromatic carbocycles. The van der Waals surface area contributed by atoms with Gasteiger partial charge in [-0.15, -0.1) is 0 Å². The van der Waals surface area contributed by atoms with Gasteiger partial charge >= 0.3 is 11.9 Å². The fourth-order valence-corrected chi connectivity index (χ4v) is 2.10. The minimum absolute atomic E-state index is 0.0324. The van der Waals surface area contributed by atoms with Crippen LogP contribution in [0.25, 0.3) is 11.2 Å². The van der Waals surface area contributed by atoms with Gasteiger partial charge in [0.1, 0.15) is 23.8 Å². The van der Waals surface area contributed by atoms with Crippen molar-refractivity contribution < 1.29 is 33.1 Å². The summed E-state index contributed by atoms with van der Waals surface area (Å²) in [5.74, 6) is -1.08. The summed E-state index contributed by atoms with van der Waals surface area (Å²) >= 11 is 0. The molecule has 0 saturated carbocycles. The fraction of sp³-hybridized carbons (Fsp3) is 0.389. The lowest BCUT2D eigenvalue weighted by atomic mass is 10.1. The number of hydrogen-bond acceptors (Lipinski definition) is 15. The van der Waals surface area contributed by atoms with Crippen molar-refractivity contribution >= 4 is 40.4 Å². The maximum absolute atomic E-state index is 11.6. The summed E-state index contributed by atoms with van der Waals surface area (Å²) in [4.78, 5) is 36.3. The molecule has 0 unspecified atom stereocenters. The lowest BCUT2D eigenvalue weighted by molar-refractivity contribution is -0.145. The Balaban J connectivity index is 0.000000273. The van der Waals surface area contributed by atoms with Crippen molar-refractivity contribution in [3.63, 3.8) is 0 Å². The summed E-state index contributed by atoms with van der Waals surface area (Å²) < 4.78 is 18.0. The zero-order chi connectivity index (χ0) is 25.0. The number of hydrogen-bond donors (Lipinski definition) is 2. The first-order valence-corrected chi connectivity index (χ1v) is 9.34. The van der Waals surface area contributed by atoms with Crippen molar-refractivity contribution in [3.05, 3.63) is 17.0 Å². The molecule has 0 bridgehead atoms. The van der Waals surface area contributed by atoms with Gasteiger partial charge in [-0.1, -0.05) is 0 Å². The summed E-state index contributed by atoms with van der Waals surface area (Å²) in [5, 5.41) is 21.6. The minimum Gasteiger partial charge on any atom is -0.466 e. The van der Waals surface area contributed by atoms with Gasteiger partial charge < -0.3 is 20.9 Å². The van der Waals surface area contributed by atoms with E-state index in [0.29, 0.717) is 12.3 Å². The average molecular weight is 462 g/mol. The van der Waals surface area contributed by atoms with Crippen LogP contribution in [0.15, 0.2) is 9.26 Å². The number of fused-ring (bicyclic) bond motifs is 1. The van der Waals surface area contributed by atoms with Gasteiger partial charge in [-0.3, -0.25) is 9.59 Å². The largest absolute Gasteiger partial charge is 0.466 e. The van der Waals surface area contributed by atoms with Crippen LogP contribution >= 0.6 is 0 Å². The highest BCUT2D eigenvalue weighted by atomic mass is 16.6. The van der Waals surface area contributed by atoms with E-state index < -0.39 is 11.9 Å². The summed E-state index contributed by atoms with van der Waals surface area (Å²) in [6.45, 7) is 7.04. The Kier molecular flexibility index (Phi) is 10.4. The number of aromatic nitrogens is 5.